The zero-order valence-electron chi connectivity index (χ0n) is 12.1. The third kappa shape index (κ3) is 3.37. The van der Waals surface area contributed by atoms with E-state index < -0.39 is 8.07 Å². The molecule has 0 bridgehead atoms. The molecule has 0 amide bonds. The van der Waals surface area contributed by atoms with E-state index >= 15 is 0 Å². The van der Waals surface area contributed by atoms with E-state index in [1.807, 2.05) is 6.08 Å². The Hall–Kier alpha value is -1.86. The van der Waals surface area contributed by atoms with E-state index in [1.54, 1.807) is 0 Å². The predicted molar refractivity (Wildman–Crippen MR) is 92.3 cm³/mol. The summed E-state index contributed by atoms with van der Waals surface area (Å²) in [6, 6.07) is 21.8. The van der Waals surface area contributed by atoms with Crippen LogP contribution in [0.4, 0.5) is 0 Å². The van der Waals surface area contributed by atoms with Crippen LogP contribution in [-0.2, 0) is 0 Å². The lowest BCUT2D eigenvalue weighted by Gasteiger charge is -2.25. The van der Waals surface area contributed by atoms with Crippen molar-refractivity contribution < 1.29 is 0 Å². The van der Waals surface area contributed by atoms with Gasteiger partial charge in [-0.15, -0.1) is 6.58 Å². The van der Waals surface area contributed by atoms with Crippen LogP contribution in [0.2, 0.25) is 6.55 Å². The maximum absolute atomic E-state index is 3.79. The molecule has 2 rings (SSSR count). The van der Waals surface area contributed by atoms with Crippen molar-refractivity contribution >= 4 is 18.4 Å². The van der Waals surface area contributed by atoms with E-state index in [1.165, 1.54) is 10.4 Å². The zero-order chi connectivity index (χ0) is 14.3. The maximum atomic E-state index is 3.79. The SMILES string of the molecule is C=CCC/C=C/[Si](C)(c1ccccc1)c1ccccc1. The van der Waals surface area contributed by atoms with Crippen molar-refractivity contribution in [2.45, 2.75) is 19.4 Å². The molecule has 0 aliphatic heterocycles. The Morgan fingerprint density at radius 2 is 1.35 bits per heavy atom. The minimum Gasteiger partial charge on any atom is -0.103 e. The normalized spacial score (nSPS) is 11.7. The summed E-state index contributed by atoms with van der Waals surface area (Å²) in [6.07, 6.45) is 6.43. The molecule has 2 aromatic rings. The van der Waals surface area contributed by atoms with Crippen molar-refractivity contribution in [1.29, 1.82) is 0 Å². The molecule has 20 heavy (non-hydrogen) atoms. The van der Waals surface area contributed by atoms with E-state index in [-0.39, 0.29) is 0 Å². The predicted octanol–water partition coefficient (Wildman–Crippen LogP) is 3.94. The first-order chi connectivity index (χ1) is 9.77. The molecule has 0 aliphatic carbocycles. The molecule has 0 unspecified atom stereocenters. The Balaban J connectivity index is 2.38. The monoisotopic (exact) mass is 278 g/mol. The van der Waals surface area contributed by atoms with Crippen LogP contribution in [0, 0.1) is 0 Å². The summed E-state index contributed by atoms with van der Waals surface area (Å²) in [7, 11) is -1.77. The standard InChI is InChI=1S/C19H22Si/c1-3-4-5-12-17-20(2,18-13-8-6-9-14-18)19-15-10-7-11-16-19/h3,6-17H,1,4-5H2,2H3/b17-12+. The van der Waals surface area contributed by atoms with Crippen LogP contribution >= 0.6 is 0 Å². The lowest BCUT2D eigenvalue weighted by Crippen LogP contribution is -2.54. The van der Waals surface area contributed by atoms with E-state index in [0.717, 1.165) is 12.8 Å². The Morgan fingerprint density at radius 3 is 1.80 bits per heavy atom. The van der Waals surface area contributed by atoms with Crippen LogP contribution < -0.4 is 10.4 Å². The molecule has 0 spiro atoms. The minimum atomic E-state index is -1.77. The highest BCUT2D eigenvalue weighted by atomic mass is 28.3. The van der Waals surface area contributed by atoms with Gasteiger partial charge in [0, 0.05) is 0 Å². The highest BCUT2D eigenvalue weighted by molar-refractivity contribution is 7.05. The minimum absolute atomic E-state index is 1.05. The summed E-state index contributed by atoms with van der Waals surface area (Å²) < 4.78 is 0. The number of rotatable bonds is 6. The van der Waals surface area contributed by atoms with Gasteiger partial charge in [0.2, 0.25) is 0 Å². The first-order valence-electron chi connectivity index (χ1n) is 7.17. The van der Waals surface area contributed by atoms with Gasteiger partial charge in [-0.05, 0) is 12.8 Å². The van der Waals surface area contributed by atoms with Crippen LogP contribution in [0.1, 0.15) is 12.8 Å². The van der Waals surface area contributed by atoms with Gasteiger partial charge < -0.3 is 0 Å². The van der Waals surface area contributed by atoms with Crippen molar-refractivity contribution in [2.75, 3.05) is 0 Å². The second kappa shape index (κ2) is 7.06. The fourth-order valence-corrected chi connectivity index (χ4v) is 5.59. The van der Waals surface area contributed by atoms with E-state index in [0.29, 0.717) is 0 Å². The third-order valence-corrected chi connectivity index (χ3v) is 7.70. The van der Waals surface area contributed by atoms with Gasteiger partial charge in [0.25, 0.3) is 0 Å². The highest BCUT2D eigenvalue weighted by Gasteiger charge is 2.28. The van der Waals surface area contributed by atoms with Crippen LogP contribution in [0.5, 0.6) is 0 Å². The smallest absolute Gasteiger partial charge is 0.103 e. The molecule has 0 radical (unpaired) electrons. The van der Waals surface area contributed by atoms with Gasteiger partial charge in [-0.25, -0.2) is 0 Å². The topological polar surface area (TPSA) is 0 Å². The first kappa shape index (κ1) is 14.5. The van der Waals surface area contributed by atoms with Gasteiger partial charge in [0.05, 0.1) is 0 Å². The summed E-state index contributed by atoms with van der Waals surface area (Å²) in [5, 5.41) is 2.92. The Kier molecular flexibility index (Phi) is 5.14. The molecule has 0 aromatic heterocycles. The molecule has 0 atom stereocenters. The molecular weight excluding hydrogens is 256 g/mol. The molecule has 0 saturated carbocycles. The quantitative estimate of drug-likeness (QED) is 0.426. The average molecular weight is 278 g/mol. The summed E-state index contributed by atoms with van der Waals surface area (Å²) in [6.45, 7) is 6.21. The number of unbranched alkanes of at least 4 members (excludes halogenated alkanes) is 1. The van der Waals surface area contributed by atoms with Crippen molar-refractivity contribution in [3.05, 3.63) is 85.1 Å². The molecule has 0 saturated heterocycles. The summed E-state index contributed by atoms with van der Waals surface area (Å²) in [5.41, 5.74) is 2.46. The van der Waals surface area contributed by atoms with Crippen LogP contribution in [-0.4, -0.2) is 8.07 Å². The molecule has 0 nitrogen and oxygen atoms in total. The Bertz CT molecular complexity index is 515. The van der Waals surface area contributed by atoms with Crippen LogP contribution in [0.25, 0.3) is 0 Å². The molecule has 2 aromatic carbocycles. The number of benzene rings is 2. The van der Waals surface area contributed by atoms with Gasteiger partial charge in [0.15, 0.2) is 0 Å². The lowest BCUT2D eigenvalue weighted by atomic mass is 10.3. The largest absolute Gasteiger partial charge is 0.137 e. The number of allylic oxidation sites excluding steroid dienone is 2. The number of hydrogen-bond acceptors (Lipinski definition) is 0. The summed E-state index contributed by atoms with van der Waals surface area (Å²) >= 11 is 0. The average Bonchev–Trinajstić information content (AvgIpc) is 2.53. The Labute approximate surface area is 123 Å². The van der Waals surface area contributed by atoms with Gasteiger partial charge in [-0.2, -0.15) is 0 Å². The van der Waals surface area contributed by atoms with Gasteiger partial charge in [0.1, 0.15) is 8.07 Å². The van der Waals surface area contributed by atoms with Crippen molar-refractivity contribution in [3.8, 4) is 0 Å². The molecule has 0 aliphatic rings. The van der Waals surface area contributed by atoms with Crippen molar-refractivity contribution in [3.63, 3.8) is 0 Å². The molecule has 102 valence electrons. The molecule has 1 heteroatoms. The second-order valence-electron chi connectivity index (χ2n) is 5.20. The van der Waals surface area contributed by atoms with Crippen molar-refractivity contribution in [1.82, 2.24) is 0 Å². The first-order valence-corrected chi connectivity index (χ1v) is 9.75. The van der Waals surface area contributed by atoms with Gasteiger partial charge >= 0.3 is 0 Å². The molecule has 0 N–H and O–H groups in total. The van der Waals surface area contributed by atoms with Crippen LogP contribution in [0.3, 0.4) is 0 Å². The second-order valence-corrected chi connectivity index (χ2v) is 9.10. The molecule has 0 fully saturated rings. The lowest BCUT2D eigenvalue weighted by molar-refractivity contribution is 1.06. The fraction of sp³-hybridized carbons (Fsp3) is 0.158. The zero-order valence-corrected chi connectivity index (χ0v) is 13.1. The summed E-state index contributed by atoms with van der Waals surface area (Å²) in [4.78, 5) is 0. The summed E-state index contributed by atoms with van der Waals surface area (Å²) in [5.74, 6) is 0. The maximum Gasteiger partial charge on any atom is 0.137 e. The molecular formula is C19H22Si. The van der Waals surface area contributed by atoms with E-state index in [4.69, 9.17) is 0 Å². The van der Waals surface area contributed by atoms with Crippen LogP contribution in [0.15, 0.2) is 85.1 Å². The van der Waals surface area contributed by atoms with Crippen molar-refractivity contribution in [2.24, 2.45) is 0 Å². The third-order valence-electron chi connectivity index (χ3n) is 3.74. The fourth-order valence-electron chi connectivity index (χ4n) is 2.46. The Morgan fingerprint density at radius 1 is 0.850 bits per heavy atom. The van der Waals surface area contributed by atoms with E-state index in [2.05, 4.69) is 85.6 Å². The van der Waals surface area contributed by atoms with E-state index in [9.17, 15) is 0 Å². The van der Waals surface area contributed by atoms with Gasteiger partial charge in [-0.1, -0.05) is 95.4 Å². The molecule has 0 heterocycles. The highest BCUT2D eigenvalue weighted by Crippen LogP contribution is 2.08. The van der Waals surface area contributed by atoms with Gasteiger partial charge in [-0.3, -0.25) is 0 Å². The number of hydrogen-bond donors (Lipinski definition) is 0.